The molecule has 66 valence electrons. The Kier molecular flexibility index (Phi) is 2.56. The van der Waals surface area contributed by atoms with Gasteiger partial charge in [-0.1, -0.05) is 0 Å². The van der Waals surface area contributed by atoms with Gasteiger partial charge >= 0.3 is 0 Å². The Morgan fingerprint density at radius 1 is 1.50 bits per heavy atom. The maximum absolute atomic E-state index is 12.7. The summed E-state index contributed by atoms with van der Waals surface area (Å²) in [6, 6.07) is 0.756. The minimum absolute atomic E-state index is 0.135. The minimum Gasteiger partial charge on any atom is -0.384 e. The van der Waals surface area contributed by atoms with Gasteiger partial charge in [-0.3, -0.25) is 0 Å². The summed E-state index contributed by atoms with van der Waals surface area (Å²) in [6.45, 7) is 0. The zero-order valence-corrected chi connectivity index (χ0v) is 7.28. The number of anilines is 1. The Bertz CT molecular complexity index is 280. The lowest BCUT2D eigenvalue weighted by molar-refractivity contribution is 0.145. The van der Waals surface area contributed by atoms with E-state index in [-0.39, 0.29) is 10.4 Å². The Hall–Kier alpha value is -0.780. The number of aromatic nitrogens is 1. The van der Waals surface area contributed by atoms with Crippen LogP contribution in [0.3, 0.4) is 0 Å². The second-order valence-corrected chi connectivity index (χ2v) is 2.79. The van der Waals surface area contributed by atoms with Crippen LogP contribution in [-0.2, 0) is 0 Å². The van der Waals surface area contributed by atoms with Crippen molar-refractivity contribution < 1.29 is 13.2 Å². The number of hydrogen-bond donors (Lipinski definition) is 1. The first-order valence-corrected chi connectivity index (χ1v) is 3.71. The van der Waals surface area contributed by atoms with E-state index in [0.717, 1.165) is 6.07 Å². The van der Waals surface area contributed by atoms with Crippen molar-refractivity contribution in [2.45, 2.75) is 6.43 Å². The van der Waals surface area contributed by atoms with Crippen LogP contribution in [0.2, 0.25) is 0 Å². The molecule has 0 aliphatic rings. The lowest BCUT2D eigenvalue weighted by Crippen LogP contribution is -1.99. The summed E-state index contributed by atoms with van der Waals surface area (Å²) in [4.78, 5) is 3.43. The molecule has 6 heteroatoms. The molecule has 0 radical (unpaired) electrons. The standard InChI is InChI=1S/C6H4BrF3N2/c7-5-4(6(9)10)2(8)1-3(11)12-5/h1,6H,(H2,11,12). The number of alkyl halides is 2. The predicted molar refractivity (Wildman–Crippen MR) is 41.3 cm³/mol. The van der Waals surface area contributed by atoms with Crippen LogP contribution in [-0.4, -0.2) is 4.98 Å². The molecule has 0 atom stereocenters. The maximum Gasteiger partial charge on any atom is 0.269 e. The highest BCUT2D eigenvalue weighted by Crippen LogP contribution is 2.29. The molecule has 1 heterocycles. The van der Waals surface area contributed by atoms with Crippen molar-refractivity contribution in [2.75, 3.05) is 5.73 Å². The molecule has 1 rings (SSSR count). The number of nitrogens with two attached hydrogens (primary N) is 1. The first kappa shape index (κ1) is 9.31. The van der Waals surface area contributed by atoms with E-state index in [1.165, 1.54) is 0 Å². The fourth-order valence-corrected chi connectivity index (χ4v) is 1.27. The predicted octanol–water partition coefficient (Wildman–Crippen LogP) is 2.50. The summed E-state index contributed by atoms with van der Waals surface area (Å²) < 4.78 is 36.6. The fraction of sp³-hybridized carbons (Fsp3) is 0.167. The number of nitrogens with zero attached hydrogens (tertiary/aromatic N) is 1. The van der Waals surface area contributed by atoms with Gasteiger partial charge < -0.3 is 5.73 Å². The highest BCUT2D eigenvalue weighted by Gasteiger charge is 2.18. The Labute approximate surface area is 74.7 Å². The van der Waals surface area contributed by atoms with Crippen molar-refractivity contribution in [1.29, 1.82) is 0 Å². The van der Waals surface area contributed by atoms with E-state index in [2.05, 4.69) is 20.9 Å². The third-order valence-corrected chi connectivity index (χ3v) is 1.80. The lowest BCUT2D eigenvalue weighted by atomic mass is 10.3. The van der Waals surface area contributed by atoms with E-state index in [1.54, 1.807) is 0 Å². The van der Waals surface area contributed by atoms with Gasteiger partial charge in [0.25, 0.3) is 6.43 Å². The molecule has 12 heavy (non-hydrogen) atoms. The molecule has 0 saturated carbocycles. The second-order valence-electron chi connectivity index (χ2n) is 2.03. The molecule has 0 saturated heterocycles. The summed E-state index contributed by atoms with van der Waals surface area (Å²) in [6.07, 6.45) is -2.90. The molecule has 0 unspecified atom stereocenters. The van der Waals surface area contributed by atoms with Crippen LogP contribution in [0.1, 0.15) is 12.0 Å². The van der Waals surface area contributed by atoms with E-state index >= 15 is 0 Å². The molecule has 1 aromatic heterocycles. The third kappa shape index (κ3) is 1.69. The van der Waals surface area contributed by atoms with Crippen LogP contribution in [0, 0.1) is 5.82 Å². The van der Waals surface area contributed by atoms with E-state index in [9.17, 15) is 13.2 Å². The average Bonchev–Trinajstić information content (AvgIpc) is 1.82. The maximum atomic E-state index is 12.7. The van der Waals surface area contributed by atoms with Crippen molar-refractivity contribution >= 4 is 21.7 Å². The zero-order valence-electron chi connectivity index (χ0n) is 5.69. The average molecular weight is 241 g/mol. The number of halogens is 4. The summed E-state index contributed by atoms with van der Waals surface area (Å²) in [5.41, 5.74) is 4.34. The van der Waals surface area contributed by atoms with E-state index < -0.39 is 17.8 Å². The summed E-state index contributed by atoms with van der Waals surface area (Å²) in [5.74, 6) is -1.19. The van der Waals surface area contributed by atoms with Crippen LogP contribution in [0.5, 0.6) is 0 Å². The number of pyridine rings is 1. The van der Waals surface area contributed by atoms with Crippen LogP contribution in [0.4, 0.5) is 19.0 Å². The molecule has 0 bridgehead atoms. The lowest BCUT2D eigenvalue weighted by Gasteiger charge is -2.04. The monoisotopic (exact) mass is 240 g/mol. The number of hydrogen-bond acceptors (Lipinski definition) is 2. The number of rotatable bonds is 1. The molecule has 0 aliphatic carbocycles. The van der Waals surface area contributed by atoms with E-state index in [1.807, 2.05) is 0 Å². The van der Waals surface area contributed by atoms with E-state index in [4.69, 9.17) is 5.73 Å². The van der Waals surface area contributed by atoms with Crippen molar-refractivity contribution in [3.8, 4) is 0 Å². The zero-order chi connectivity index (χ0) is 9.30. The van der Waals surface area contributed by atoms with Gasteiger partial charge in [0.1, 0.15) is 16.2 Å². The van der Waals surface area contributed by atoms with Gasteiger partial charge in [0.2, 0.25) is 0 Å². The van der Waals surface area contributed by atoms with Crippen LogP contribution >= 0.6 is 15.9 Å². The first-order valence-electron chi connectivity index (χ1n) is 2.92. The van der Waals surface area contributed by atoms with Gasteiger partial charge in [-0.15, -0.1) is 0 Å². The summed E-state index contributed by atoms with van der Waals surface area (Å²) >= 11 is 2.69. The summed E-state index contributed by atoms with van der Waals surface area (Å²) in [7, 11) is 0. The molecule has 0 aliphatic heterocycles. The van der Waals surface area contributed by atoms with Crippen LogP contribution in [0.15, 0.2) is 10.7 Å². The Morgan fingerprint density at radius 2 is 2.08 bits per heavy atom. The quantitative estimate of drug-likeness (QED) is 0.767. The summed E-state index contributed by atoms with van der Waals surface area (Å²) in [5, 5.41) is 0. The van der Waals surface area contributed by atoms with E-state index in [0.29, 0.717) is 0 Å². The second kappa shape index (κ2) is 3.30. The third-order valence-electron chi connectivity index (χ3n) is 1.20. The highest BCUT2D eigenvalue weighted by molar-refractivity contribution is 9.10. The molecule has 1 aromatic rings. The van der Waals surface area contributed by atoms with Gasteiger partial charge in [0, 0.05) is 6.07 Å². The van der Waals surface area contributed by atoms with Crippen molar-refractivity contribution in [3.63, 3.8) is 0 Å². The van der Waals surface area contributed by atoms with Gasteiger partial charge in [-0.2, -0.15) is 0 Å². The Morgan fingerprint density at radius 3 is 2.50 bits per heavy atom. The molecule has 0 fully saturated rings. The van der Waals surface area contributed by atoms with Crippen LogP contribution < -0.4 is 5.73 Å². The minimum atomic E-state index is -2.90. The van der Waals surface area contributed by atoms with Gasteiger partial charge in [-0.05, 0) is 15.9 Å². The van der Waals surface area contributed by atoms with Crippen molar-refractivity contribution in [3.05, 3.63) is 22.1 Å². The molecular weight excluding hydrogens is 237 g/mol. The largest absolute Gasteiger partial charge is 0.384 e. The molecular formula is C6H4BrF3N2. The van der Waals surface area contributed by atoms with Crippen molar-refractivity contribution in [1.82, 2.24) is 4.98 Å². The van der Waals surface area contributed by atoms with Crippen molar-refractivity contribution in [2.24, 2.45) is 0 Å². The normalized spacial score (nSPS) is 10.8. The Balaban J connectivity index is 3.28. The van der Waals surface area contributed by atoms with Gasteiger partial charge in [-0.25, -0.2) is 18.2 Å². The van der Waals surface area contributed by atoms with Gasteiger partial charge in [0.15, 0.2) is 0 Å². The topological polar surface area (TPSA) is 38.9 Å². The molecule has 0 aromatic carbocycles. The molecule has 2 nitrogen and oxygen atoms in total. The highest BCUT2D eigenvalue weighted by atomic mass is 79.9. The fourth-order valence-electron chi connectivity index (χ4n) is 0.706. The molecule has 2 N–H and O–H groups in total. The first-order chi connectivity index (χ1) is 5.52. The van der Waals surface area contributed by atoms with Crippen LogP contribution in [0.25, 0.3) is 0 Å². The smallest absolute Gasteiger partial charge is 0.269 e. The van der Waals surface area contributed by atoms with Gasteiger partial charge in [0.05, 0.1) is 5.56 Å². The molecule has 0 amide bonds. The number of nitrogen functional groups attached to an aromatic ring is 1. The SMILES string of the molecule is Nc1cc(F)c(C(F)F)c(Br)n1. The molecule has 0 spiro atoms.